The minimum atomic E-state index is -4.95. The predicted molar refractivity (Wildman–Crippen MR) is 83.5 cm³/mol. The Labute approximate surface area is 145 Å². The normalized spacial score (nSPS) is 21.0. The second-order valence-corrected chi connectivity index (χ2v) is 5.79. The number of halogens is 4. The quantitative estimate of drug-likeness (QED) is 0.819. The van der Waals surface area contributed by atoms with Crippen molar-refractivity contribution >= 4 is 29.3 Å². The minimum absolute atomic E-state index is 0.149. The third kappa shape index (κ3) is 3.68. The van der Waals surface area contributed by atoms with E-state index < -0.39 is 41.2 Å². The fourth-order valence-corrected chi connectivity index (χ4v) is 2.99. The third-order valence-corrected chi connectivity index (χ3v) is 4.02. The van der Waals surface area contributed by atoms with Gasteiger partial charge in [0.25, 0.3) is 0 Å². The number of benzene rings is 1. The number of carboxylic acids is 1. The average molecular weight is 376 g/mol. The molecule has 1 aliphatic heterocycles. The number of esters is 1. The first-order valence-electron chi connectivity index (χ1n) is 7.01. The van der Waals surface area contributed by atoms with Crippen LogP contribution in [0, 0.1) is 5.92 Å². The molecule has 1 N–H and O–H groups in total. The molecule has 0 amide bonds. The van der Waals surface area contributed by atoms with Crippen LogP contribution in [0.3, 0.4) is 0 Å². The molecular weight excluding hydrogens is 363 g/mol. The molecule has 1 aliphatic rings. The zero-order valence-corrected chi connectivity index (χ0v) is 13.9. The molecule has 0 radical (unpaired) electrons. The summed E-state index contributed by atoms with van der Waals surface area (Å²) >= 11 is 5.88. The summed E-state index contributed by atoms with van der Waals surface area (Å²) in [5.41, 5.74) is -2.43. The number of aliphatic carboxylic acids is 1. The van der Waals surface area contributed by atoms with Gasteiger partial charge in [-0.25, -0.2) is 4.79 Å². The van der Waals surface area contributed by atoms with Crippen LogP contribution in [0.5, 0.6) is 0 Å². The van der Waals surface area contributed by atoms with Gasteiger partial charge in [0, 0.05) is 16.7 Å². The van der Waals surface area contributed by atoms with Gasteiger partial charge in [-0.3, -0.25) is 9.79 Å². The number of hydrogen-bond donors (Lipinski definition) is 1. The number of alkyl halides is 3. The molecule has 25 heavy (non-hydrogen) atoms. The molecule has 0 spiro atoms. The van der Waals surface area contributed by atoms with Gasteiger partial charge < -0.3 is 9.84 Å². The van der Waals surface area contributed by atoms with Crippen LogP contribution in [0.15, 0.2) is 40.5 Å². The fraction of sp³-hybridized carbons (Fsp3) is 0.312. The largest absolute Gasteiger partial charge is 0.481 e. The van der Waals surface area contributed by atoms with E-state index >= 15 is 0 Å². The van der Waals surface area contributed by atoms with Crippen molar-refractivity contribution in [2.45, 2.75) is 19.0 Å². The maximum Gasteiger partial charge on any atom is 0.433 e. The molecule has 2 rings (SSSR count). The predicted octanol–water partition coefficient (Wildman–Crippen LogP) is 3.59. The highest BCUT2D eigenvalue weighted by Gasteiger charge is 2.49. The van der Waals surface area contributed by atoms with E-state index in [-0.39, 0.29) is 16.3 Å². The maximum absolute atomic E-state index is 13.4. The zero-order valence-electron chi connectivity index (χ0n) is 13.1. The number of nitrogens with zero attached hydrogens (tertiary/aromatic N) is 1. The summed E-state index contributed by atoms with van der Waals surface area (Å²) in [5, 5.41) is 9.70. The van der Waals surface area contributed by atoms with Crippen LogP contribution in [0.25, 0.3) is 0 Å². The van der Waals surface area contributed by atoms with E-state index in [0.29, 0.717) is 0 Å². The highest BCUT2D eigenvalue weighted by Crippen LogP contribution is 2.44. The monoisotopic (exact) mass is 375 g/mol. The van der Waals surface area contributed by atoms with Crippen LogP contribution in [0.2, 0.25) is 5.02 Å². The van der Waals surface area contributed by atoms with Crippen LogP contribution >= 0.6 is 11.6 Å². The van der Waals surface area contributed by atoms with E-state index in [0.717, 1.165) is 7.11 Å². The molecule has 1 aromatic carbocycles. The van der Waals surface area contributed by atoms with E-state index in [2.05, 4.69) is 9.73 Å². The SMILES string of the molecule is COC(=O)C1=C(C(F)(F)F)N=C(C)C(C(=O)O)C1c1cccc(Cl)c1. The molecule has 0 saturated heterocycles. The molecule has 9 heteroatoms. The number of allylic oxidation sites excluding steroid dienone is 1. The van der Waals surface area contributed by atoms with Gasteiger partial charge in [-0.05, 0) is 24.6 Å². The summed E-state index contributed by atoms with van der Waals surface area (Å²) in [7, 11) is 0.916. The Morgan fingerprint density at radius 1 is 1.32 bits per heavy atom. The third-order valence-electron chi connectivity index (χ3n) is 3.79. The van der Waals surface area contributed by atoms with Gasteiger partial charge >= 0.3 is 18.1 Å². The second-order valence-electron chi connectivity index (χ2n) is 5.35. The molecule has 0 fully saturated rings. The van der Waals surface area contributed by atoms with Gasteiger partial charge in [0.05, 0.1) is 12.7 Å². The van der Waals surface area contributed by atoms with Crippen molar-refractivity contribution in [3.8, 4) is 0 Å². The Morgan fingerprint density at radius 3 is 2.44 bits per heavy atom. The van der Waals surface area contributed by atoms with Crippen molar-refractivity contribution in [1.82, 2.24) is 0 Å². The van der Waals surface area contributed by atoms with Crippen molar-refractivity contribution in [2.24, 2.45) is 10.9 Å². The van der Waals surface area contributed by atoms with E-state index in [9.17, 15) is 27.9 Å². The van der Waals surface area contributed by atoms with Gasteiger partial charge in [0.2, 0.25) is 0 Å². The lowest BCUT2D eigenvalue weighted by atomic mass is 9.75. The lowest BCUT2D eigenvalue weighted by Crippen LogP contribution is -2.37. The van der Waals surface area contributed by atoms with Gasteiger partial charge in [0.15, 0.2) is 5.70 Å². The summed E-state index contributed by atoms with van der Waals surface area (Å²) in [6, 6.07) is 5.66. The van der Waals surface area contributed by atoms with E-state index in [1.807, 2.05) is 0 Å². The van der Waals surface area contributed by atoms with Crippen molar-refractivity contribution in [2.75, 3.05) is 7.11 Å². The number of methoxy groups -OCH3 is 1. The fourth-order valence-electron chi connectivity index (χ4n) is 2.79. The van der Waals surface area contributed by atoms with Crippen LogP contribution in [-0.2, 0) is 14.3 Å². The number of hydrogen-bond acceptors (Lipinski definition) is 4. The molecule has 1 heterocycles. The molecule has 5 nitrogen and oxygen atoms in total. The van der Waals surface area contributed by atoms with E-state index in [1.54, 1.807) is 0 Å². The summed E-state index contributed by atoms with van der Waals surface area (Å²) in [4.78, 5) is 27.1. The molecule has 0 saturated carbocycles. The number of carboxylic acid groups (broad SMARTS) is 1. The topological polar surface area (TPSA) is 76.0 Å². The highest BCUT2D eigenvalue weighted by molar-refractivity contribution is 6.30. The Balaban J connectivity index is 2.83. The first-order valence-corrected chi connectivity index (χ1v) is 7.38. The summed E-state index contributed by atoms with van der Waals surface area (Å²) in [6.45, 7) is 1.18. The van der Waals surface area contributed by atoms with Crippen LogP contribution in [-0.4, -0.2) is 36.0 Å². The van der Waals surface area contributed by atoms with Gasteiger partial charge in [-0.15, -0.1) is 0 Å². The first kappa shape index (κ1) is 19.0. The highest BCUT2D eigenvalue weighted by atomic mass is 35.5. The average Bonchev–Trinajstić information content (AvgIpc) is 2.51. The van der Waals surface area contributed by atoms with Crippen LogP contribution in [0.4, 0.5) is 13.2 Å². The Bertz CT molecular complexity index is 786. The molecule has 1 aromatic rings. The van der Waals surface area contributed by atoms with Crippen LogP contribution in [0.1, 0.15) is 18.4 Å². The van der Waals surface area contributed by atoms with E-state index in [1.165, 1.54) is 31.2 Å². The summed E-state index contributed by atoms with van der Waals surface area (Å²) in [5.74, 6) is -5.59. The summed E-state index contributed by atoms with van der Waals surface area (Å²) in [6.07, 6.45) is -4.95. The standard InChI is InChI=1S/C16H13ClF3NO4/c1-7-10(14(22)23)11(8-4-3-5-9(17)6-8)12(15(24)25-2)13(21-7)16(18,19)20/h3-6,10-11H,1-2H3,(H,22,23). The Morgan fingerprint density at radius 2 is 1.96 bits per heavy atom. The second kappa shape index (κ2) is 6.87. The molecule has 2 unspecified atom stereocenters. The molecule has 0 bridgehead atoms. The molecular formula is C16H13ClF3NO4. The van der Waals surface area contributed by atoms with Gasteiger partial charge in [0.1, 0.15) is 5.92 Å². The smallest absolute Gasteiger partial charge is 0.433 e. The lowest BCUT2D eigenvalue weighted by molar-refractivity contribution is -0.141. The number of ether oxygens (including phenoxy) is 1. The van der Waals surface area contributed by atoms with Crippen molar-refractivity contribution < 1.29 is 32.6 Å². The van der Waals surface area contributed by atoms with Gasteiger partial charge in [-0.1, -0.05) is 23.7 Å². The Hall–Kier alpha value is -2.35. The first-order chi connectivity index (χ1) is 11.6. The number of carbonyl (C=O) groups excluding carboxylic acids is 1. The lowest BCUT2D eigenvalue weighted by Gasteiger charge is -2.31. The number of rotatable bonds is 3. The van der Waals surface area contributed by atoms with E-state index in [4.69, 9.17) is 11.6 Å². The molecule has 2 atom stereocenters. The number of aliphatic imine (C=N–C) groups is 1. The van der Waals surface area contributed by atoms with Gasteiger partial charge in [-0.2, -0.15) is 13.2 Å². The van der Waals surface area contributed by atoms with Crippen LogP contribution < -0.4 is 0 Å². The minimum Gasteiger partial charge on any atom is -0.481 e. The number of carbonyl (C=O) groups is 2. The van der Waals surface area contributed by atoms with Crippen molar-refractivity contribution in [1.29, 1.82) is 0 Å². The molecule has 0 aromatic heterocycles. The zero-order chi connectivity index (χ0) is 18.9. The Kier molecular flexibility index (Phi) is 5.22. The van der Waals surface area contributed by atoms with Crippen molar-refractivity contribution in [3.05, 3.63) is 46.1 Å². The molecule has 0 aliphatic carbocycles. The maximum atomic E-state index is 13.4. The van der Waals surface area contributed by atoms with Crippen molar-refractivity contribution in [3.63, 3.8) is 0 Å². The summed E-state index contributed by atoms with van der Waals surface area (Å²) < 4.78 is 44.7. The molecule has 134 valence electrons.